The van der Waals surface area contributed by atoms with Gasteiger partial charge in [-0.05, 0) is 68.4 Å². The average Bonchev–Trinajstić information content (AvgIpc) is 3.51. The van der Waals surface area contributed by atoms with E-state index in [1.54, 1.807) is 23.0 Å². The average molecular weight is 696 g/mol. The number of fused-ring (bicyclic) bond motifs is 1. The van der Waals surface area contributed by atoms with E-state index in [2.05, 4.69) is 15.3 Å². The minimum Gasteiger partial charge on any atom is -0.497 e. The van der Waals surface area contributed by atoms with Gasteiger partial charge in [0.15, 0.2) is 5.78 Å². The predicted molar refractivity (Wildman–Crippen MR) is 192 cm³/mol. The molecule has 12 heteroatoms. The Morgan fingerprint density at radius 3 is 2.48 bits per heavy atom. The zero-order valence-corrected chi connectivity index (χ0v) is 31.0. The second-order valence-electron chi connectivity index (χ2n) is 15.0. The minimum absolute atomic E-state index is 0.0720. The third-order valence-corrected chi connectivity index (χ3v) is 10.3. The molecule has 276 valence electrons. The topological polar surface area (TPSA) is 151 Å². The number of methoxy groups -OCH3 is 1. The van der Waals surface area contributed by atoms with Crippen LogP contribution in [0, 0.1) is 11.3 Å². The molecule has 1 aromatic heterocycles. The fraction of sp³-hybridized carbons (Fsp3) is 0.684. The summed E-state index contributed by atoms with van der Waals surface area (Å²) in [5.74, 6) is 0.506. The van der Waals surface area contributed by atoms with Crippen LogP contribution in [0.25, 0.3) is 11.0 Å². The third-order valence-electron chi connectivity index (χ3n) is 10.3. The Kier molecular flexibility index (Phi) is 13.4. The Hall–Kier alpha value is -3.96. The van der Waals surface area contributed by atoms with Crippen LogP contribution >= 0.6 is 0 Å². The van der Waals surface area contributed by atoms with Crippen LogP contribution in [0.1, 0.15) is 111 Å². The number of aromatic amines is 1. The number of aromatic nitrogens is 2. The van der Waals surface area contributed by atoms with Crippen molar-refractivity contribution in [3.05, 3.63) is 34.2 Å². The summed E-state index contributed by atoms with van der Waals surface area (Å²) in [4.78, 5) is 77.0. The maximum absolute atomic E-state index is 14.0. The van der Waals surface area contributed by atoms with E-state index in [0.29, 0.717) is 67.7 Å². The maximum atomic E-state index is 14.0. The van der Waals surface area contributed by atoms with Crippen molar-refractivity contribution >= 4 is 34.7 Å². The summed E-state index contributed by atoms with van der Waals surface area (Å²) in [6.07, 6.45) is 6.26. The quantitative estimate of drug-likeness (QED) is 0.244. The zero-order valence-electron chi connectivity index (χ0n) is 31.0. The smallest absolute Gasteiger partial charge is 0.408 e. The number of likely N-dealkylation sites (tertiary alicyclic amines) is 2. The summed E-state index contributed by atoms with van der Waals surface area (Å²) in [5.41, 5.74) is 0.950. The van der Waals surface area contributed by atoms with E-state index >= 15 is 0 Å². The lowest BCUT2D eigenvalue weighted by Gasteiger charge is -2.41. The second kappa shape index (κ2) is 17.3. The molecule has 4 rings (SSSR count). The number of hydrogen-bond donors (Lipinski definition) is 2. The molecule has 0 radical (unpaired) electrons. The molecular formula is C38H57N5O7. The highest BCUT2D eigenvalue weighted by Crippen LogP contribution is 2.32. The van der Waals surface area contributed by atoms with Crippen LogP contribution in [0.4, 0.5) is 4.79 Å². The van der Waals surface area contributed by atoms with Gasteiger partial charge >= 0.3 is 6.09 Å². The number of Topliss-reactive ketones (excluding diaryl/α,β-unsaturated/α-hetero) is 1. The van der Waals surface area contributed by atoms with E-state index in [1.165, 1.54) is 6.92 Å². The van der Waals surface area contributed by atoms with Crippen molar-refractivity contribution in [1.82, 2.24) is 25.1 Å². The summed E-state index contributed by atoms with van der Waals surface area (Å²) in [7, 11) is 1.57. The summed E-state index contributed by atoms with van der Waals surface area (Å²) in [6.45, 7) is 12.3. The number of rotatable bonds is 14. The summed E-state index contributed by atoms with van der Waals surface area (Å²) in [5, 5.41) is 2.88. The summed E-state index contributed by atoms with van der Waals surface area (Å²) in [6, 6.07) is 3.72. The van der Waals surface area contributed by atoms with Crippen molar-refractivity contribution in [1.29, 1.82) is 0 Å². The van der Waals surface area contributed by atoms with E-state index in [9.17, 15) is 24.0 Å². The molecule has 5 atom stereocenters. The number of unbranched alkanes of at least 4 members (excludes halogenated alkanes) is 2. The number of ether oxygens (including phenoxy) is 2. The van der Waals surface area contributed by atoms with Gasteiger partial charge in [0, 0.05) is 32.5 Å². The molecular weight excluding hydrogens is 638 g/mol. The number of amides is 3. The molecule has 2 aliphatic rings. The number of nitrogens with one attached hydrogen (secondary N) is 2. The first-order chi connectivity index (χ1) is 23.8. The summed E-state index contributed by atoms with van der Waals surface area (Å²) < 4.78 is 11.3. The van der Waals surface area contributed by atoms with Crippen molar-refractivity contribution in [2.24, 2.45) is 11.3 Å². The third kappa shape index (κ3) is 9.42. The largest absolute Gasteiger partial charge is 0.497 e. The van der Waals surface area contributed by atoms with Gasteiger partial charge in [0.25, 0.3) is 5.56 Å². The molecule has 0 spiro atoms. The van der Waals surface area contributed by atoms with Crippen molar-refractivity contribution in [3.63, 3.8) is 0 Å². The van der Waals surface area contributed by atoms with Crippen LogP contribution in [0.2, 0.25) is 0 Å². The molecule has 3 heterocycles. The highest BCUT2D eigenvalue weighted by atomic mass is 16.6. The number of H-pyrrole nitrogens is 1. The van der Waals surface area contributed by atoms with Gasteiger partial charge in [-0.15, -0.1) is 0 Å². The van der Waals surface area contributed by atoms with Crippen molar-refractivity contribution in [2.75, 3.05) is 20.2 Å². The van der Waals surface area contributed by atoms with Crippen molar-refractivity contribution in [3.8, 4) is 5.75 Å². The number of nitrogens with zero attached hydrogens (tertiary/aromatic N) is 3. The lowest BCUT2D eigenvalue weighted by atomic mass is 9.85. The molecule has 1 aromatic carbocycles. The SMILES string of the molecule is CCCC(=O)[C@@H]1[C@H](CC)CCN1C(=O)[C@@H](NC(=O)OC1CCCN(C(C)=O)[C@H]1CCCCCc1nc2ccc(OC)cc2[nH]c1=O)C(C)(C)C. The first-order valence-electron chi connectivity index (χ1n) is 18.4. The monoisotopic (exact) mass is 695 g/mol. The van der Waals surface area contributed by atoms with Crippen LogP contribution in [0.5, 0.6) is 5.75 Å². The molecule has 0 aliphatic carbocycles. The molecule has 1 unspecified atom stereocenters. The van der Waals surface area contributed by atoms with E-state index in [4.69, 9.17) is 9.47 Å². The number of carbonyl (C=O) groups is 4. The number of ketones is 1. The molecule has 2 fully saturated rings. The van der Waals surface area contributed by atoms with Crippen LogP contribution in [0.15, 0.2) is 23.0 Å². The van der Waals surface area contributed by atoms with Crippen molar-refractivity contribution < 1.29 is 28.7 Å². The van der Waals surface area contributed by atoms with Crippen molar-refractivity contribution in [2.45, 2.75) is 136 Å². The van der Waals surface area contributed by atoms with E-state index < -0.39 is 29.7 Å². The van der Waals surface area contributed by atoms with E-state index in [-0.39, 0.29) is 35.1 Å². The van der Waals surface area contributed by atoms with Gasteiger partial charge in [-0.3, -0.25) is 19.2 Å². The van der Waals surface area contributed by atoms with Crippen LogP contribution in [0.3, 0.4) is 0 Å². The zero-order chi connectivity index (χ0) is 36.6. The number of hydrogen-bond acceptors (Lipinski definition) is 8. The first kappa shape index (κ1) is 38.8. The Balaban J connectivity index is 1.38. The number of benzene rings is 1. The van der Waals surface area contributed by atoms with Gasteiger partial charge in [-0.2, -0.15) is 0 Å². The van der Waals surface area contributed by atoms with Crippen LogP contribution in [-0.4, -0.2) is 87.9 Å². The van der Waals surface area contributed by atoms with E-state index in [1.807, 2.05) is 46.8 Å². The number of alkyl carbamates (subject to hydrolysis) is 1. The highest BCUT2D eigenvalue weighted by Gasteiger charge is 2.45. The Morgan fingerprint density at radius 1 is 1.06 bits per heavy atom. The fourth-order valence-electron chi connectivity index (χ4n) is 7.58. The lowest BCUT2D eigenvalue weighted by molar-refractivity contribution is -0.142. The molecule has 2 saturated heterocycles. The Labute approximate surface area is 296 Å². The lowest BCUT2D eigenvalue weighted by Crippen LogP contribution is -2.58. The Bertz CT molecular complexity index is 1570. The second-order valence-corrected chi connectivity index (χ2v) is 15.0. The maximum Gasteiger partial charge on any atom is 0.408 e. The normalized spacial score (nSPS) is 21.6. The van der Waals surface area contributed by atoms with Crippen LogP contribution in [-0.2, 0) is 25.5 Å². The van der Waals surface area contributed by atoms with Gasteiger partial charge in [0.2, 0.25) is 11.8 Å². The van der Waals surface area contributed by atoms with Gasteiger partial charge in [-0.25, -0.2) is 9.78 Å². The molecule has 2 N–H and O–H groups in total. The standard InChI is InChI=1S/C38H57N5O7/c1-8-14-31(45)33-25(9-2)20-22-43(33)36(47)34(38(4,5)6)41-37(48)50-32-17-13-21-42(24(3)44)30(32)16-12-10-11-15-28-35(46)40-29-23-26(49-7)18-19-27(29)39-28/h18-19,23,25,30,32-34H,8-17,20-22H2,1-7H3,(H,40,46)(H,41,48)/t25-,30+,32?,33+,34-/m1/s1. The number of carbonyl (C=O) groups excluding carboxylic acids is 4. The van der Waals surface area contributed by atoms with Gasteiger partial charge in [-0.1, -0.05) is 53.9 Å². The molecule has 50 heavy (non-hydrogen) atoms. The Morgan fingerprint density at radius 2 is 1.82 bits per heavy atom. The molecule has 12 nitrogen and oxygen atoms in total. The number of piperidine rings is 1. The summed E-state index contributed by atoms with van der Waals surface area (Å²) >= 11 is 0. The predicted octanol–water partition coefficient (Wildman–Crippen LogP) is 5.55. The van der Waals surface area contributed by atoms with Gasteiger partial charge < -0.3 is 29.6 Å². The highest BCUT2D eigenvalue weighted by molar-refractivity contribution is 5.93. The molecule has 2 aliphatic heterocycles. The fourth-order valence-corrected chi connectivity index (χ4v) is 7.58. The first-order valence-corrected chi connectivity index (χ1v) is 18.4. The van der Waals surface area contributed by atoms with Gasteiger partial charge in [0.1, 0.15) is 23.6 Å². The van der Waals surface area contributed by atoms with Gasteiger partial charge in [0.05, 0.1) is 30.2 Å². The molecule has 0 bridgehead atoms. The number of aryl methyl sites for hydroxylation is 1. The van der Waals surface area contributed by atoms with Crippen LogP contribution < -0.4 is 15.6 Å². The molecule has 0 saturated carbocycles. The van der Waals surface area contributed by atoms with E-state index in [0.717, 1.165) is 38.5 Å². The minimum atomic E-state index is -0.887. The molecule has 3 amide bonds. The molecule has 2 aromatic rings.